The highest BCUT2D eigenvalue weighted by atomic mass is 32.1. The normalized spacial score (nSPS) is 10.7. The van der Waals surface area contributed by atoms with E-state index in [0.29, 0.717) is 17.1 Å². The van der Waals surface area contributed by atoms with Crippen molar-refractivity contribution in [3.63, 3.8) is 0 Å². The fourth-order valence-corrected chi connectivity index (χ4v) is 3.38. The van der Waals surface area contributed by atoms with E-state index in [0.717, 1.165) is 15.0 Å². The molecule has 0 radical (unpaired) electrons. The molecule has 96 valence electrons. The molecule has 0 spiro atoms. The Hall–Kier alpha value is -1.92. The van der Waals surface area contributed by atoms with Crippen molar-refractivity contribution in [1.82, 2.24) is 10.3 Å². The molecular weight excluding hydrogens is 278 g/mol. The Morgan fingerprint density at radius 3 is 2.95 bits per heavy atom. The maximum Gasteiger partial charge on any atom is 0.263 e. The Labute approximate surface area is 117 Å². The topological polar surface area (TPSA) is 68.0 Å². The van der Waals surface area contributed by atoms with Crippen LogP contribution in [0.25, 0.3) is 10.1 Å². The summed E-state index contributed by atoms with van der Waals surface area (Å²) in [5, 5.41) is 3.81. The molecule has 0 aliphatic rings. The predicted octanol–water partition coefficient (Wildman–Crippen LogP) is 2.87. The number of amides is 1. The van der Waals surface area contributed by atoms with Gasteiger partial charge in [0, 0.05) is 21.2 Å². The average Bonchev–Trinajstić information content (AvgIpc) is 3.05. The summed E-state index contributed by atoms with van der Waals surface area (Å²) in [6.45, 7) is 0.483. The standard InChI is InChI=1S/C13H11N3OS2/c14-11-9-3-1-2-4-10(9)19-12(11)13(17)16-6-8-5-15-7-18-8/h1-5,7H,6,14H2,(H,16,17). The average molecular weight is 289 g/mol. The van der Waals surface area contributed by atoms with Gasteiger partial charge in [-0.15, -0.1) is 22.7 Å². The fourth-order valence-electron chi connectivity index (χ4n) is 1.81. The first kappa shape index (κ1) is 12.1. The molecule has 0 aliphatic heterocycles. The number of carbonyl (C=O) groups is 1. The molecule has 0 saturated heterocycles. The van der Waals surface area contributed by atoms with Crippen molar-refractivity contribution < 1.29 is 4.79 Å². The molecule has 0 fully saturated rings. The Morgan fingerprint density at radius 1 is 1.37 bits per heavy atom. The second-order valence-electron chi connectivity index (χ2n) is 3.99. The van der Waals surface area contributed by atoms with Crippen LogP contribution >= 0.6 is 22.7 Å². The van der Waals surface area contributed by atoms with Gasteiger partial charge in [0.1, 0.15) is 4.88 Å². The van der Waals surface area contributed by atoms with Crippen LogP contribution in [0.4, 0.5) is 5.69 Å². The highest BCUT2D eigenvalue weighted by molar-refractivity contribution is 7.21. The SMILES string of the molecule is Nc1c(C(=O)NCc2cncs2)sc2ccccc12. The zero-order valence-electron chi connectivity index (χ0n) is 9.92. The first-order valence-corrected chi connectivity index (χ1v) is 7.38. The molecule has 0 bridgehead atoms. The quantitative estimate of drug-likeness (QED) is 0.779. The molecule has 2 aromatic heterocycles. The number of thiophene rings is 1. The lowest BCUT2D eigenvalue weighted by Crippen LogP contribution is -2.22. The number of carbonyl (C=O) groups excluding carboxylic acids is 1. The van der Waals surface area contributed by atoms with E-state index in [9.17, 15) is 4.79 Å². The molecule has 3 aromatic rings. The van der Waals surface area contributed by atoms with Crippen LogP contribution in [-0.2, 0) is 6.54 Å². The summed E-state index contributed by atoms with van der Waals surface area (Å²) in [4.78, 5) is 17.7. The third-order valence-corrected chi connectivity index (χ3v) is 4.71. The van der Waals surface area contributed by atoms with Crippen LogP contribution in [0.1, 0.15) is 14.5 Å². The second kappa shape index (κ2) is 4.99. The second-order valence-corrected chi connectivity index (χ2v) is 6.01. The van der Waals surface area contributed by atoms with E-state index in [4.69, 9.17) is 5.73 Å². The van der Waals surface area contributed by atoms with Crippen LogP contribution in [0.15, 0.2) is 36.0 Å². The first-order chi connectivity index (χ1) is 9.25. The van der Waals surface area contributed by atoms with Gasteiger partial charge >= 0.3 is 0 Å². The summed E-state index contributed by atoms with van der Waals surface area (Å²) >= 11 is 2.94. The van der Waals surface area contributed by atoms with E-state index >= 15 is 0 Å². The predicted molar refractivity (Wildman–Crippen MR) is 79.5 cm³/mol. The number of anilines is 1. The number of benzene rings is 1. The molecule has 0 atom stereocenters. The molecule has 1 amide bonds. The summed E-state index contributed by atoms with van der Waals surface area (Å²) in [7, 11) is 0. The molecule has 0 saturated carbocycles. The maximum absolute atomic E-state index is 12.1. The number of aromatic nitrogens is 1. The summed E-state index contributed by atoms with van der Waals surface area (Å²) < 4.78 is 1.03. The van der Waals surface area contributed by atoms with Crippen LogP contribution in [-0.4, -0.2) is 10.9 Å². The van der Waals surface area contributed by atoms with E-state index in [1.807, 2.05) is 24.3 Å². The molecule has 3 rings (SSSR count). The Bertz CT molecular complexity index is 719. The molecule has 19 heavy (non-hydrogen) atoms. The molecule has 0 aliphatic carbocycles. The number of hydrogen-bond donors (Lipinski definition) is 2. The fraction of sp³-hybridized carbons (Fsp3) is 0.0769. The van der Waals surface area contributed by atoms with E-state index in [1.54, 1.807) is 11.7 Å². The van der Waals surface area contributed by atoms with Crippen LogP contribution in [0, 0.1) is 0 Å². The van der Waals surface area contributed by atoms with Gasteiger partial charge in [0.25, 0.3) is 5.91 Å². The number of rotatable bonds is 3. The van der Waals surface area contributed by atoms with Gasteiger partial charge in [-0.3, -0.25) is 9.78 Å². The van der Waals surface area contributed by atoms with Gasteiger partial charge in [-0.2, -0.15) is 0 Å². The minimum atomic E-state index is -0.132. The summed E-state index contributed by atoms with van der Waals surface area (Å²) in [5.74, 6) is -0.132. The van der Waals surface area contributed by atoms with Gasteiger partial charge in [-0.1, -0.05) is 18.2 Å². The lowest BCUT2D eigenvalue weighted by Gasteiger charge is -2.01. The molecule has 6 heteroatoms. The number of hydrogen-bond acceptors (Lipinski definition) is 5. The zero-order chi connectivity index (χ0) is 13.2. The van der Waals surface area contributed by atoms with Crippen molar-refractivity contribution >= 4 is 44.4 Å². The van der Waals surface area contributed by atoms with Crippen LogP contribution in [0.2, 0.25) is 0 Å². The van der Waals surface area contributed by atoms with Crippen LogP contribution < -0.4 is 11.1 Å². The first-order valence-electron chi connectivity index (χ1n) is 5.68. The Balaban J connectivity index is 1.83. The number of fused-ring (bicyclic) bond motifs is 1. The van der Waals surface area contributed by atoms with Gasteiger partial charge in [0.2, 0.25) is 0 Å². The molecule has 2 heterocycles. The monoisotopic (exact) mass is 289 g/mol. The van der Waals surface area contributed by atoms with Crippen molar-refractivity contribution in [2.45, 2.75) is 6.54 Å². The summed E-state index contributed by atoms with van der Waals surface area (Å²) in [5.41, 5.74) is 8.33. The zero-order valence-corrected chi connectivity index (χ0v) is 11.6. The Kier molecular flexibility index (Phi) is 3.18. The van der Waals surface area contributed by atoms with Gasteiger partial charge in [0.05, 0.1) is 17.7 Å². The van der Waals surface area contributed by atoms with Crippen molar-refractivity contribution in [3.8, 4) is 0 Å². The number of nitrogens with two attached hydrogens (primary N) is 1. The van der Waals surface area contributed by atoms with Crippen molar-refractivity contribution in [1.29, 1.82) is 0 Å². The van der Waals surface area contributed by atoms with Gasteiger partial charge in [0.15, 0.2) is 0 Å². The number of thiazole rings is 1. The Morgan fingerprint density at radius 2 is 2.21 bits per heavy atom. The number of nitrogen functional groups attached to an aromatic ring is 1. The van der Waals surface area contributed by atoms with Crippen molar-refractivity contribution in [2.75, 3.05) is 5.73 Å². The van der Waals surface area contributed by atoms with E-state index in [1.165, 1.54) is 22.7 Å². The highest BCUT2D eigenvalue weighted by Gasteiger charge is 2.15. The molecule has 1 aromatic carbocycles. The highest BCUT2D eigenvalue weighted by Crippen LogP contribution is 2.33. The molecule has 3 N–H and O–H groups in total. The van der Waals surface area contributed by atoms with Crippen LogP contribution in [0.3, 0.4) is 0 Å². The summed E-state index contributed by atoms with van der Waals surface area (Å²) in [6, 6.07) is 7.76. The van der Waals surface area contributed by atoms with Crippen molar-refractivity contribution in [2.24, 2.45) is 0 Å². The molecular formula is C13H11N3OS2. The van der Waals surface area contributed by atoms with E-state index in [-0.39, 0.29) is 5.91 Å². The third-order valence-electron chi connectivity index (χ3n) is 2.75. The number of nitrogens with zero attached hydrogens (tertiary/aromatic N) is 1. The largest absolute Gasteiger partial charge is 0.397 e. The lowest BCUT2D eigenvalue weighted by atomic mass is 10.2. The van der Waals surface area contributed by atoms with Gasteiger partial charge < -0.3 is 11.1 Å². The van der Waals surface area contributed by atoms with Gasteiger partial charge in [-0.25, -0.2) is 0 Å². The smallest absolute Gasteiger partial charge is 0.263 e. The van der Waals surface area contributed by atoms with E-state index < -0.39 is 0 Å². The third kappa shape index (κ3) is 2.32. The van der Waals surface area contributed by atoms with Crippen molar-refractivity contribution in [3.05, 3.63) is 45.7 Å². The van der Waals surface area contributed by atoms with E-state index in [2.05, 4.69) is 10.3 Å². The maximum atomic E-state index is 12.1. The van der Waals surface area contributed by atoms with Gasteiger partial charge in [-0.05, 0) is 6.07 Å². The van der Waals surface area contributed by atoms with Crippen LogP contribution in [0.5, 0.6) is 0 Å². The lowest BCUT2D eigenvalue weighted by molar-refractivity contribution is 0.0956. The minimum Gasteiger partial charge on any atom is -0.397 e. The minimum absolute atomic E-state index is 0.132. The summed E-state index contributed by atoms with van der Waals surface area (Å²) in [6.07, 6.45) is 1.75. The molecule has 0 unspecified atom stereocenters. The number of nitrogens with one attached hydrogen (secondary N) is 1. The molecule has 4 nitrogen and oxygen atoms in total.